The fourth-order valence-corrected chi connectivity index (χ4v) is 3.78. The number of hydrogen-bond acceptors (Lipinski definition) is 6. The van der Waals surface area contributed by atoms with Crippen molar-refractivity contribution in [2.24, 2.45) is 5.10 Å². The van der Waals surface area contributed by atoms with Gasteiger partial charge in [-0.2, -0.15) is 5.10 Å². The molecule has 2 aromatic carbocycles. The van der Waals surface area contributed by atoms with Crippen LogP contribution < -0.4 is 15.5 Å². The number of hydrogen-bond donors (Lipinski definition) is 2. The third-order valence-electron chi connectivity index (χ3n) is 4.15. The Morgan fingerprint density at radius 1 is 1.19 bits per heavy atom. The van der Waals surface area contributed by atoms with Gasteiger partial charge in [-0.25, -0.2) is 18.7 Å². The standard InChI is InChI=1S/C22H21F2N5OS2/c1-14-10-18(20(23)24)28-22(26-14)32-13-16-11-15(8-9-19(16)30-2)12-25-29-21(31)27-17-6-4-3-5-7-17/h3-12,20H,13H2,1-2H3,(H2,27,29,31)/b25-12+. The lowest BCUT2D eigenvalue weighted by Crippen LogP contribution is -2.23. The Balaban J connectivity index is 1.65. The quantitative estimate of drug-likeness (QED) is 0.150. The first kappa shape index (κ1) is 23.6. The molecule has 10 heteroatoms. The number of nitrogens with one attached hydrogen (secondary N) is 2. The van der Waals surface area contributed by atoms with Crippen molar-refractivity contribution in [2.45, 2.75) is 24.3 Å². The summed E-state index contributed by atoms with van der Waals surface area (Å²) >= 11 is 6.49. The molecule has 2 N–H and O–H groups in total. The number of ether oxygens (including phenoxy) is 1. The first-order valence-electron chi connectivity index (χ1n) is 9.53. The average molecular weight is 474 g/mol. The van der Waals surface area contributed by atoms with Crippen molar-refractivity contribution in [2.75, 3.05) is 12.4 Å². The van der Waals surface area contributed by atoms with Gasteiger partial charge in [-0.05, 0) is 61.1 Å². The second-order valence-electron chi connectivity index (χ2n) is 6.57. The second-order valence-corrected chi connectivity index (χ2v) is 7.92. The first-order valence-corrected chi connectivity index (χ1v) is 10.9. The summed E-state index contributed by atoms with van der Waals surface area (Å²) in [5, 5.41) is 7.85. The highest BCUT2D eigenvalue weighted by Crippen LogP contribution is 2.28. The van der Waals surface area contributed by atoms with Crippen LogP contribution in [0.25, 0.3) is 0 Å². The molecule has 0 radical (unpaired) electrons. The lowest BCUT2D eigenvalue weighted by Gasteiger charge is -2.10. The molecule has 0 unspecified atom stereocenters. The molecule has 0 aliphatic rings. The van der Waals surface area contributed by atoms with Gasteiger partial charge in [0.2, 0.25) is 0 Å². The van der Waals surface area contributed by atoms with E-state index in [1.807, 2.05) is 48.5 Å². The fraction of sp³-hybridized carbons (Fsp3) is 0.182. The number of halogens is 2. The minimum Gasteiger partial charge on any atom is -0.496 e. The molecule has 1 aromatic heterocycles. The Kier molecular flexibility index (Phi) is 8.46. The number of methoxy groups -OCH3 is 1. The van der Waals surface area contributed by atoms with Crippen LogP contribution >= 0.6 is 24.0 Å². The zero-order valence-corrected chi connectivity index (χ0v) is 19.0. The first-order chi connectivity index (χ1) is 15.4. The number of thioether (sulfide) groups is 1. The van der Waals surface area contributed by atoms with Gasteiger partial charge in [0.1, 0.15) is 11.4 Å². The van der Waals surface area contributed by atoms with Gasteiger partial charge in [-0.15, -0.1) is 0 Å². The number of nitrogens with zero attached hydrogens (tertiary/aromatic N) is 3. The summed E-state index contributed by atoms with van der Waals surface area (Å²) in [6, 6.07) is 16.4. The Bertz CT molecular complexity index is 1100. The van der Waals surface area contributed by atoms with E-state index in [1.54, 1.807) is 20.2 Å². The maximum absolute atomic E-state index is 13.0. The molecule has 0 saturated carbocycles. The molecule has 0 bridgehead atoms. The summed E-state index contributed by atoms with van der Waals surface area (Å²) in [6.45, 7) is 1.67. The van der Waals surface area contributed by atoms with Crippen molar-refractivity contribution in [3.8, 4) is 5.75 Å². The molecule has 166 valence electrons. The van der Waals surface area contributed by atoms with E-state index in [0.717, 1.165) is 16.8 Å². The van der Waals surface area contributed by atoms with Crippen molar-refractivity contribution in [1.82, 2.24) is 15.4 Å². The van der Waals surface area contributed by atoms with Crippen molar-refractivity contribution < 1.29 is 13.5 Å². The zero-order valence-electron chi connectivity index (χ0n) is 17.4. The molecular weight excluding hydrogens is 452 g/mol. The smallest absolute Gasteiger partial charge is 0.280 e. The Morgan fingerprint density at radius 2 is 1.97 bits per heavy atom. The van der Waals surface area contributed by atoms with Gasteiger partial charge in [0, 0.05) is 22.7 Å². The third kappa shape index (κ3) is 6.96. The highest BCUT2D eigenvalue weighted by molar-refractivity contribution is 7.98. The van der Waals surface area contributed by atoms with Crippen LogP contribution in [0, 0.1) is 6.92 Å². The topological polar surface area (TPSA) is 71.4 Å². The van der Waals surface area contributed by atoms with Crippen LogP contribution in [0.5, 0.6) is 5.75 Å². The predicted octanol–water partition coefficient (Wildman–Crippen LogP) is 5.34. The minimum atomic E-state index is -2.64. The van der Waals surface area contributed by atoms with Gasteiger partial charge >= 0.3 is 0 Å². The van der Waals surface area contributed by atoms with Crippen LogP contribution in [0.2, 0.25) is 0 Å². The number of anilines is 1. The number of hydrazone groups is 1. The molecule has 0 saturated heterocycles. The van der Waals surface area contributed by atoms with Crippen LogP contribution in [0.1, 0.15) is 28.9 Å². The number of alkyl halides is 2. The molecular formula is C22H21F2N5OS2. The zero-order chi connectivity index (χ0) is 22.9. The van der Waals surface area contributed by atoms with E-state index in [9.17, 15) is 8.78 Å². The van der Waals surface area contributed by atoms with Crippen LogP contribution in [0.3, 0.4) is 0 Å². The molecule has 0 aliphatic heterocycles. The number of aryl methyl sites for hydroxylation is 1. The van der Waals surface area contributed by atoms with E-state index < -0.39 is 6.43 Å². The molecule has 6 nitrogen and oxygen atoms in total. The van der Waals surface area contributed by atoms with Crippen molar-refractivity contribution in [3.05, 3.63) is 77.1 Å². The van der Waals surface area contributed by atoms with Crippen molar-refractivity contribution >= 4 is 41.0 Å². The molecule has 0 fully saturated rings. The van der Waals surface area contributed by atoms with Gasteiger partial charge < -0.3 is 10.1 Å². The molecule has 3 aromatic rings. The highest BCUT2D eigenvalue weighted by Gasteiger charge is 2.13. The Labute approximate surface area is 194 Å². The molecule has 0 aliphatic carbocycles. The lowest BCUT2D eigenvalue weighted by molar-refractivity contribution is 0.145. The monoisotopic (exact) mass is 473 g/mol. The summed E-state index contributed by atoms with van der Waals surface area (Å²) in [5.74, 6) is 1.11. The highest BCUT2D eigenvalue weighted by atomic mass is 32.2. The number of thiocarbonyl (C=S) groups is 1. The Hall–Kier alpha value is -3.11. The largest absolute Gasteiger partial charge is 0.496 e. The summed E-state index contributed by atoms with van der Waals surface area (Å²) in [4.78, 5) is 8.17. The summed E-state index contributed by atoms with van der Waals surface area (Å²) in [7, 11) is 1.57. The van der Waals surface area contributed by atoms with Gasteiger partial charge in [-0.3, -0.25) is 5.43 Å². The summed E-state index contributed by atoms with van der Waals surface area (Å²) in [5.41, 5.74) is 5.52. The molecule has 0 amide bonds. The summed E-state index contributed by atoms with van der Waals surface area (Å²) < 4.78 is 31.4. The molecule has 0 atom stereocenters. The molecule has 0 spiro atoms. The molecule has 1 heterocycles. The van der Waals surface area contributed by atoms with Crippen molar-refractivity contribution in [1.29, 1.82) is 0 Å². The average Bonchev–Trinajstić information content (AvgIpc) is 2.78. The van der Waals surface area contributed by atoms with Gasteiger partial charge in [0.05, 0.1) is 13.3 Å². The fourth-order valence-electron chi connectivity index (χ4n) is 2.72. The van der Waals surface area contributed by atoms with Crippen LogP contribution in [-0.2, 0) is 5.75 Å². The predicted molar refractivity (Wildman–Crippen MR) is 128 cm³/mol. The van der Waals surface area contributed by atoms with E-state index in [2.05, 4.69) is 25.8 Å². The normalized spacial score (nSPS) is 11.0. The van der Waals surface area contributed by atoms with E-state index in [1.165, 1.54) is 17.8 Å². The maximum Gasteiger partial charge on any atom is 0.280 e. The second kappa shape index (κ2) is 11.5. The number of rotatable bonds is 8. The van der Waals surface area contributed by atoms with Crippen molar-refractivity contribution in [3.63, 3.8) is 0 Å². The SMILES string of the molecule is COc1ccc(/C=N/NC(=S)Nc2ccccc2)cc1CSc1nc(C)cc(C(F)F)n1. The van der Waals surface area contributed by atoms with Gasteiger partial charge in [0.25, 0.3) is 6.43 Å². The van der Waals surface area contributed by atoms with Crippen LogP contribution in [-0.4, -0.2) is 28.4 Å². The van der Waals surface area contributed by atoms with E-state index in [4.69, 9.17) is 17.0 Å². The maximum atomic E-state index is 13.0. The lowest BCUT2D eigenvalue weighted by atomic mass is 10.1. The number of para-hydroxylation sites is 1. The molecule has 32 heavy (non-hydrogen) atoms. The summed E-state index contributed by atoms with van der Waals surface area (Å²) in [6.07, 6.45) is -1.01. The Morgan fingerprint density at radius 3 is 2.69 bits per heavy atom. The van der Waals surface area contributed by atoms with Crippen LogP contribution in [0.15, 0.2) is 64.9 Å². The van der Waals surface area contributed by atoms with E-state index in [-0.39, 0.29) is 5.69 Å². The molecule has 3 rings (SSSR count). The third-order valence-corrected chi connectivity index (χ3v) is 5.24. The number of aromatic nitrogens is 2. The van der Waals surface area contributed by atoms with Gasteiger partial charge in [0.15, 0.2) is 10.3 Å². The van der Waals surface area contributed by atoms with Gasteiger partial charge in [-0.1, -0.05) is 30.0 Å². The van der Waals surface area contributed by atoms with Crippen LogP contribution in [0.4, 0.5) is 14.5 Å². The van der Waals surface area contributed by atoms with E-state index >= 15 is 0 Å². The number of benzene rings is 2. The van der Waals surface area contributed by atoms with E-state index in [0.29, 0.717) is 27.5 Å². The minimum absolute atomic E-state index is 0.279.